The maximum absolute atomic E-state index is 14.8. The number of anilines is 2. The summed E-state index contributed by atoms with van der Waals surface area (Å²) in [4.78, 5) is 30.7. The van der Waals surface area contributed by atoms with E-state index in [0.29, 0.717) is 27.4 Å². The second kappa shape index (κ2) is 15.8. The van der Waals surface area contributed by atoms with E-state index in [1.165, 1.54) is 61.6 Å². The van der Waals surface area contributed by atoms with Gasteiger partial charge >= 0.3 is 6.11 Å². The molecule has 4 aromatic rings. The number of aryl methyl sites for hydroxylation is 1. The lowest BCUT2D eigenvalue weighted by Crippen LogP contribution is -2.20. The largest absolute Gasteiger partial charge is 0.496 e. The molecule has 0 radical (unpaired) electrons. The van der Waals surface area contributed by atoms with Crippen molar-refractivity contribution >= 4 is 44.7 Å². The van der Waals surface area contributed by atoms with Gasteiger partial charge in [-0.25, -0.2) is 9.37 Å². The van der Waals surface area contributed by atoms with E-state index in [2.05, 4.69) is 48.0 Å². The van der Waals surface area contributed by atoms with Gasteiger partial charge in [0.05, 0.1) is 40.0 Å². The minimum atomic E-state index is -3.32. The molecule has 5 rings (SSSR count). The molecule has 0 saturated carbocycles. The highest BCUT2D eigenvalue weighted by atomic mass is 32.1. The van der Waals surface area contributed by atoms with Crippen molar-refractivity contribution in [2.75, 3.05) is 31.5 Å². The highest BCUT2D eigenvalue weighted by Crippen LogP contribution is 2.39. The first-order valence-corrected chi connectivity index (χ1v) is 16.6. The molecule has 8 nitrogen and oxygen atoms in total. The summed E-state index contributed by atoms with van der Waals surface area (Å²) in [5.74, 6) is 0.234. The average Bonchev–Trinajstić information content (AvgIpc) is 3.56. The summed E-state index contributed by atoms with van der Waals surface area (Å²) in [6, 6.07) is 11.2. The number of fused-ring (bicyclic) bond motifs is 2. The van der Waals surface area contributed by atoms with Crippen molar-refractivity contribution in [3.63, 3.8) is 0 Å². The maximum Gasteiger partial charge on any atom is 0.402 e. The summed E-state index contributed by atoms with van der Waals surface area (Å²) in [6.07, 6.45) is -1.31. The maximum atomic E-state index is 14.8. The molecule has 2 heterocycles. The van der Waals surface area contributed by atoms with Crippen LogP contribution in [0.5, 0.6) is 11.5 Å². The van der Waals surface area contributed by atoms with Crippen molar-refractivity contribution in [3.05, 3.63) is 76.0 Å². The number of thiazole rings is 1. The summed E-state index contributed by atoms with van der Waals surface area (Å²) < 4.78 is 57.5. The second-order valence-corrected chi connectivity index (χ2v) is 13.4. The Morgan fingerprint density at radius 2 is 1.75 bits per heavy atom. The fourth-order valence-corrected chi connectivity index (χ4v) is 6.57. The number of ether oxygens (including phenoxy) is 3. The molecule has 0 bridgehead atoms. The summed E-state index contributed by atoms with van der Waals surface area (Å²) in [6.45, 7) is 11.9. The lowest BCUT2D eigenvalue weighted by molar-refractivity contribution is -0.159. The highest BCUT2D eigenvalue weighted by molar-refractivity contribution is 7.19. The van der Waals surface area contributed by atoms with E-state index in [0.717, 1.165) is 29.5 Å². The minimum absolute atomic E-state index is 0.0695. The molecule has 1 aliphatic rings. The number of aromatic nitrogens is 1. The van der Waals surface area contributed by atoms with E-state index in [-0.39, 0.29) is 22.7 Å². The highest BCUT2D eigenvalue weighted by Gasteiger charge is 2.39. The van der Waals surface area contributed by atoms with Gasteiger partial charge in [0.2, 0.25) is 0 Å². The van der Waals surface area contributed by atoms with Gasteiger partial charge in [-0.3, -0.25) is 9.59 Å². The molecule has 0 spiro atoms. The van der Waals surface area contributed by atoms with Gasteiger partial charge in [-0.05, 0) is 61.4 Å². The summed E-state index contributed by atoms with van der Waals surface area (Å²) in [5.41, 5.74) is 0.714. The molecule has 1 aliphatic heterocycles. The Morgan fingerprint density at radius 1 is 1.02 bits per heavy atom. The van der Waals surface area contributed by atoms with Crippen molar-refractivity contribution in [1.29, 1.82) is 0 Å². The van der Waals surface area contributed by atoms with E-state index in [9.17, 15) is 22.8 Å². The first-order chi connectivity index (χ1) is 22.8. The SMILES string of the molecule is CCC(C)C(C)CC(C)COC.COc1ccc2nc(C)sc2c1C(=O)Nc1cccc(F)c1C(=O)Nc1ccc2c(c1)OC(F)(F)C2. The van der Waals surface area contributed by atoms with Gasteiger partial charge in [-0.15, -0.1) is 11.3 Å². The predicted octanol–water partition coefficient (Wildman–Crippen LogP) is 9.13. The van der Waals surface area contributed by atoms with Crippen LogP contribution >= 0.6 is 11.3 Å². The number of benzene rings is 3. The first-order valence-electron chi connectivity index (χ1n) is 15.8. The van der Waals surface area contributed by atoms with E-state index < -0.39 is 35.7 Å². The van der Waals surface area contributed by atoms with Gasteiger partial charge in [0.15, 0.2) is 0 Å². The van der Waals surface area contributed by atoms with E-state index >= 15 is 0 Å². The normalized spacial score (nSPS) is 15.0. The molecule has 2 N–H and O–H groups in total. The Bertz CT molecular complexity index is 1760. The van der Waals surface area contributed by atoms with E-state index in [1.54, 1.807) is 26.2 Å². The van der Waals surface area contributed by atoms with E-state index in [4.69, 9.17) is 9.47 Å². The first kappa shape index (κ1) is 36.7. The summed E-state index contributed by atoms with van der Waals surface area (Å²) >= 11 is 1.30. The van der Waals surface area contributed by atoms with Gasteiger partial charge < -0.3 is 24.8 Å². The number of carbonyl (C=O) groups is 2. The van der Waals surface area contributed by atoms with Crippen molar-refractivity contribution < 1.29 is 37.0 Å². The minimum Gasteiger partial charge on any atom is -0.496 e. The molecular formula is C36H42F3N3O5S. The Kier molecular flexibility index (Phi) is 12.1. The van der Waals surface area contributed by atoms with Gasteiger partial charge in [0, 0.05) is 31.0 Å². The fraction of sp³-hybridized carbons (Fsp3) is 0.417. The molecule has 48 heavy (non-hydrogen) atoms. The van der Waals surface area contributed by atoms with Crippen LogP contribution in [0.1, 0.15) is 71.8 Å². The Balaban J connectivity index is 0.000000371. The predicted molar refractivity (Wildman–Crippen MR) is 183 cm³/mol. The summed E-state index contributed by atoms with van der Waals surface area (Å²) in [7, 11) is 3.20. The molecule has 3 unspecified atom stereocenters. The monoisotopic (exact) mass is 685 g/mol. The quantitative estimate of drug-likeness (QED) is 0.163. The van der Waals surface area contributed by atoms with Crippen molar-refractivity contribution in [1.82, 2.24) is 4.98 Å². The number of methoxy groups -OCH3 is 2. The molecule has 0 aliphatic carbocycles. The number of halogens is 3. The number of hydrogen-bond donors (Lipinski definition) is 2. The number of alkyl halides is 2. The molecule has 1 aromatic heterocycles. The third kappa shape index (κ3) is 8.84. The molecule has 12 heteroatoms. The van der Waals surface area contributed by atoms with Crippen molar-refractivity contribution in [3.8, 4) is 11.5 Å². The second-order valence-electron chi connectivity index (χ2n) is 12.2. The Morgan fingerprint density at radius 3 is 2.44 bits per heavy atom. The van der Waals surface area contributed by atoms with Crippen LogP contribution in [-0.2, 0) is 11.2 Å². The zero-order valence-electron chi connectivity index (χ0n) is 28.2. The van der Waals surface area contributed by atoms with Crippen LogP contribution < -0.4 is 20.1 Å². The van der Waals surface area contributed by atoms with Gasteiger partial charge in [-0.1, -0.05) is 46.2 Å². The number of hydrogen-bond acceptors (Lipinski definition) is 7. The Labute approximate surface area is 283 Å². The zero-order chi connectivity index (χ0) is 35.2. The molecule has 3 atom stereocenters. The van der Waals surface area contributed by atoms with Crippen molar-refractivity contribution in [2.24, 2.45) is 17.8 Å². The van der Waals surface area contributed by atoms with Crippen LogP contribution in [0.4, 0.5) is 24.5 Å². The average molecular weight is 686 g/mol. The molecule has 0 fully saturated rings. The van der Waals surface area contributed by atoms with Crippen LogP contribution in [0.25, 0.3) is 10.2 Å². The van der Waals surface area contributed by atoms with Crippen LogP contribution in [0.2, 0.25) is 0 Å². The number of carbonyl (C=O) groups excluding carboxylic acids is 2. The van der Waals surface area contributed by atoms with Gasteiger partial charge in [0.1, 0.15) is 22.9 Å². The van der Waals surface area contributed by atoms with Crippen LogP contribution in [0.3, 0.4) is 0 Å². The number of rotatable bonds is 11. The topological polar surface area (TPSA) is 98.8 Å². The zero-order valence-corrected chi connectivity index (χ0v) is 29.0. The van der Waals surface area contributed by atoms with E-state index in [1.807, 2.05) is 0 Å². The van der Waals surface area contributed by atoms with Crippen LogP contribution in [-0.4, -0.2) is 43.7 Å². The molecule has 3 aromatic carbocycles. The smallest absolute Gasteiger partial charge is 0.402 e. The molecule has 0 saturated heterocycles. The number of nitrogens with one attached hydrogen (secondary N) is 2. The van der Waals surface area contributed by atoms with Crippen molar-refractivity contribution in [2.45, 2.75) is 60.0 Å². The number of amides is 2. The Hall–Kier alpha value is -4.16. The molecule has 258 valence electrons. The lowest BCUT2D eigenvalue weighted by Gasteiger charge is -2.21. The third-order valence-corrected chi connectivity index (χ3v) is 9.39. The standard InChI is InChI=1S/C25H18F3N3O4S.C11H24O/c1-12-29-17-8-9-18(34-2)21(22(17)36-12)24(33)31-16-5-3-4-15(26)20(16)23(32)30-14-7-6-13-11-25(27,28)35-19(13)10-14;1-6-10(3)11(4)7-9(2)8-12-5/h3-10H,11H2,1-2H3,(H,30,32)(H,31,33);9-11H,6-8H2,1-5H3. The van der Waals surface area contributed by atoms with Crippen LogP contribution in [0.15, 0.2) is 48.5 Å². The third-order valence-electron chi connectivity index (χ3n) is 8.38. The molecular weight excluding hydrogens is 643 g/mol. The summed E-state index contributed by atoms with van der Waals surface area (Å²) in [5, 5.41) is 5.82. The number of nitrogens with zero attached hydrogens (tertiary/aromatic N) is 1. The lowest BCUT2D eigenvalue weighted by atomic mass is 9.86. The fourth-order valence-electron chi connectivity index (χ4n) is 5.62. The van der Waals surface area contributed by atoms with Gasteiger partial charge in [-0.2, -0.15) is 8.78 Å². The van der Waals surface area contributed by atoms with Gasteiger partial charge in [0.25, 0.3) is 11.8 Å². The molecule has 2 amide bonds. The van der Waals surface area contributed by atoms with Crippen LogP contribution in [0, 0.1) is 30.5 Å².